The fourth-order valence-corrected chi connectivity index (χ4v) is 4.34. The van der Waals surface area contributed by atoms with Crippen molar-refractivity contribution in [1.29, 1.82) is 0 Å². The number of methoxy groups -OCH3 is 1. The first-order valence-corrected chi connectivity index (χ1v) is 11.7. The topological polar surface area (TPSA) is 57.7 Å². The number of amides is 2. The van der Waals surface area contributed by atoms with E-state index in [1.54, 1.807) is 12.0 Å². The first-order valence-electron chi connectivity index (χ1n) is 11.7. The Balaban J connectivity index is 1.43. The third kappa shape index (κ3) is 4.82. The van der Waals surface area contributed by atoms with Crippen LogP contribution in [0.15, 0.2) is 91.0 Å². The number of aromatic nitrogens is 1. The molecular weight excluding hydrogens is 436 g/mol. The van der Waals surface area contributed by atoms with E-state index in [0.29, 0.717) is 19.6 Å². The molecule has 2 heterocycles. The molecule has 176 valence electrons. The number of nitrogens with zero attached hydrogens (tertiary/aromatic N) is 3. The molecule has 3 aromatic carbocycles. The van der Waals surface area contributed by atoms with Gasteiger partial charge in [-0.2, -0.15) is 0 Å². The van der Waals surface area contributed by atoms with Crippen LogP contribution >= 0.6 is 0 Å². The van der Waals surface area contributed by atoms with E-state index in [2.05, 4.69) is 18.3 Å². The lowest BCUT2D eigenvalue weighted by molar-refractivity contribution is 0.197. The minimum Gasteiger partial charge on any atom is -0.497 e. The van der Waals surface area contributed by atoms with Gasteiger partial charge >= 0.3 is 6.03 Å². The first-order chi connectivity index (χ1) is 17.1. The van der Waals surface area contributed by atoms with E-state index < -0.39 is 0 Å². The number of urea groups is 1. The molecule has 1 aliphatic rings. The zero-order valence-corrected chi connectivity index (χ0v) is 19.9. The van der Waals surface area contributed by atoms with Crippen molar-refractivity contribution in [3.8, 4) is 5.75 Å². The van der Waals surface area contributed by atoms with Gasteiger partial charge in [0.25, 0.3) is 0 Å². The Bertz CT molecular complexity index is 1330. The van der Waals surface area contributed by atoms with Crippen molar-refractivity contribution in [2.24, 2.45) is 0 Å². The summed E-state index contributed by atoms with van der Waals surface area (Å²) >= 11 is 0. The smallest absolute Gasteiger partial charge is 0.329 e. The maximum atomic E-state index is 13.6. The molecule has 6 nitrogen and oxygen atoms in total. The third-order valence-electron chi connectivity index (χ3n) is 6.23. The van der Waals surface area contributed by atoms with Gasteiger partial charge in [0.05, 0.1) is 30.7 Å². The molecule has 0 saturated carbocycles. The second kappa shape index (κ2) is 9.89. The molecule has 1 aromatic heterocycles. The monoisotopic (exact) mass is 464 g/mol. The lowest BCUT2D eigenvalue weighted by Crippen LogP contribution is -2.44. The highest BCUT2D eigenvalue weighted by Crippen LogP contribution is 2.35. The number of hydrogen-bond donors (Lipinski definition) is 1. The van der Waals surface area contributed by atoms with E-state index in [0.717, 1.165) is 39.8 Å². The van der Waals surface area contributed by atoms with Crippen molar-refractivity contribution in [3.05, 3.63) is 113 Å². The van der Waals surface area contributed by atoms with Crippen LogP contribution in [0, 0.1) is 6.92 Å². The van der Waals surface area contributed by atoms with E-state index in [1.807, 2.05) is 89.8 Å². The van der Waals surface area contributed by atoms with Gasteiger partial charge in [-0.25, -0.2) is 9.78 Å². The van der Waals surface area contributed by atoms with Crippen molar-refractivity contribution >= 4 is 23.2 Å². The summed E-state index contributed by atoms with van der Waals surface area (Å²) in [5, 5.41) is 3.45. The average molecular weight is 465 g/mol. The molecule has 0 radical (unpaired) electrons. The lowest BCUT2D eigenvalue weighted by Gasteiger charge is -2.36. The Morgan fingerprint density at radius 1 is 0.943 bits per heavy atom. The molecule has 5 rings (SSSR count). The standard InChI is InChI=1S/C29H28N4O2/c1-21-17-25(35-2)14-13-23(21)18-30-28-16-15-27-26(31-28)20-32(19-22-9-5-3-6-10-22)29(34)33(27)24-11-7-4-8-12-24/h3-17H,18-20H2,1-2H3,(H,30,31). The van der Waals surface area contributed by atoms with Gasteiger partial charge in [0, 0.05) is 13.1 Å². The van der Waals surface area contributed by atoms with Crippen LogP contribution in [0.5, 0.6) is 5.75 Å². The lowest BCUT2D eigenvalue weighted by atomic mass is 10.1. The SMILES string of the molecule is COc1ccc(CNc2ccc3c(n2)CN(Cc2ccccc2)C(=O)N3c2ccccc2)c(C)c1. The number of carbonyl (C=O) groups is 1. The van der Waals surface area contributed by atoms with E-state index >= 15 is 0 Å². The number of nitrogens with one attached hydrogen (secondary N) is 1. The van der Waals surface area contributed by atoms with Gasteiger partial charge in [0.15, 0.2) is 0 Å². The molecule has 0 atom stereocenters. The summed E-state index contributed by atoms with van der Waals surface area (Å²) in [6, 6.07) is 29.7. The summed E-state index contributed by atoms with van der Waals surface area (Å²) < 4.78 is 5.31. The van der Waals surface area contributed by atoms with Gasteiger partial charge < -0.3 is 15.0 Å². The van der Waals surface area contributed by atoms with Crippen LogP contribution in [0.4, 0.5) is 22.0 Å². The van der Waals surface area contributed by atoms with Gasteiger partial charge in [0.1, 0.15) is 11.6 Å². The van der Waals surface area contributed by atoms with E-state index in [4.69, 9.17) is 9.72 Å². The Hall–Kier alpha value is -4.32. The highest BCUT2D eigenvalue weighted by atomic mass is 16.5. The molecule has 0 bridgehead atoms. The first kappa shape index (κ1) is 22.5. The van der Waals surface area contributed by atoms with Crippen LogP contribution in [0.25, 0.3) is 0 Å². The molecule has 6 heteroatoms. The molecule has 0 unspecified atom stereocenters. The van der Waals surface area contributed by atoms with Crippen molar-refractivity contribution in [1.82, 2.24) is 9.88 Å². The summed E-state index contributed by atoms with van der Waals surface area (Å²) in [7, 11) is 1.67. The van der Waals surface area contributed by atoms with Crippen LogP contribution in [0.2, 0.25) is 0 Å². The van der Waals surface area contributed by atoms with Crippen molar-refractivity contribution in [2.45, 2.75) is 26.6 Å². The zero-order valence-electron chi connectivity index (χ0n) is 19.9. The molecule has 0 fully saturated rings. The van der Waals surface area contributed by atoms with Crippen molar-refractivity contribution in [2.75, 3.05) is 17.3 Å². The fraction of sp³-hybridized carbons (Fsp3) is 0.172. The van der Waals surface area contributed by atoms with Gasteiger partial charge in [-0.1, -0.05) is 54.6 Å². The predicted molar refractivity (Wildman–Crippen MR) is 139 cm³/mol. The molecule has 35 heavy (non-hydrogen) atoms. The summed E-state index contributed by atoms with van der Waals surface area (Å²) in [5.41, 5.74) is 5.92. The number of aryl methyl sites for hydroxylation is 1. The predicted octanol–water partition coefficient (Wildman–Crippen LogP) is 6.28. The zero-order chi connectivity index (χ0) is 24.2. The highest BCUT2D eigenvalue weighted by Gasteiger charge is 2.32. The summed E-state index contributed by atoms with van der Waals surface area (Å²) in [6.07, 6.45) is 0. The number of benzene rings is 3. The minimum absolute atomic E-state index is 0.0519. The number of carbonyl (C=O) groups excluding carboxylic acids is 1. The number of hydrogen-bond acceptors (Lipinski definition) is 4. The molecule has 4 aromatic rings. The van der Waals surface area contributed by atoms with Gasteiger partial charge in [-0.15, -0.1) is 0 Å². The molecule has 0 saturated heterocycles. The number of pyridine rings is 1. The summed E-state index contributed by atoms with van der Waals surface area (Å²) in [6.45, 7) is 3.69. The van der Waals surface area contributed by atoms with Crippen molar-refractivity contribution < 1.29 is 9.53 Å². The summed E-state index contributed by atoms with van der Waals surface area (Å²) in [4.78, 5) is 22.1. The van der Waals surface area contributed by atoms with Crippen molar-refractivity contribution in [3.63, 3.8) is 0 Å². The van der Waals surface area contributed by atoms with E-state index in [-0.39, 0.29) is 6.03 Å². The molecule has 1 aliphatic heterocycles. The summed E-state index contributed by atoms with van der Waals surface area (Å²) in [5.74, 6) is 1.63. The number of para-hydroxylation sites is 1. The second-order valence-electron chi connectivity index (χ2n) is 8.60. The largest absolute Gasteiger partial charge is 0.497 e. The van der Waals surface area contributed by atoms with Crippen LogP contribution in [-0.4, -0.2) is 23.0 Å². The third-order valence-corrected chi connectivity index (χ3v) is 6.23. The van der Waals surface area contributed by atoms with Crippen LogP contribution in [0.1, 0.15) is 22.4 Å². The second-order valence-corrected chi connectivity index (χ2v) is 8.60. The van der Waals surface area contributed by atoms with Crippen LogP contribution in [-0.2, 0) is 19.6 Å². The number of anilines is 3. The molecular formula is C29H28N4O2. The average Bonchev–Trinajstić information content (AvgIpc) is 2.89. The maximum Gasteiger partial charge on any atom is 0.329 e. The molecule has 1 N–H and O–H groups in total. The number of ether oxygens (including phenoxy) is 1. The fourth-order valence-electron chi connectivity index (χ4n) is 4.34. The molecule has 0 spiro atoms. The van der Waals surface area contributed by atoms with Gasteiger partial charge in [-0.3, -0.25) is 4.90 Å². The Kier molecular flexibility index (Phi) is 6.35. The minimum atomic E-state index is -0.0519. The Morgan fingerprint density at radius 2 is 1.69 bits per heavy atom. The Morgan fingerprint density at radius 3 is 2.40 bits per heavy atom. The molecule has 2 amide bonds. The number of rotatable bonds is 7. The molecule has 0 aliphatic carbocycles. The Labute approximate surface area is 205 Å². The van der Waals surface area contributed by atoms with Crippen LogP contribution < -0.4 is 15.0 Å². The quantitative estimate of drug-likeness (QED) is 0.349. The van der Waals surface area contributed by atoms with Gasteiger partial charge in [0.2, 0.25) is 0 Å². The normalized spacial score (nSPS) is 12.9. The number of fused-ring (bicyclic) bond motifs is 1. The van der Waals surface area contributed by atoms with Gasteiger partial charge in [-0.05, 0) is 60.0 Å². The highest BCUT2D eigenvalue weighted by molar-refractivity contribution is 6.01. The van der Waals surface area contributed by atoms with E-state index in [9.17, 15) is 4.79 Å². The van der Waals surface area contributed by atoms with Crippen LogP contribution in [0.3, 0.4) is 0 Å². The maximum absolute atomic E-state index is 13.6. The van der Waals surface area contributed by atoms with E-state index in [1.165, 1.54) is 5.56 Å².